The van der Waals surface area contributed by atoms with E-state index in [9.17, 15) is 4.79 Å². The van der Waals surface area contributed by atoms with Gasteiger partial charge in [-0.25, -0.2) is 0 Å². The predicted molar refractivity (Wildman–Crippen MR) is 97.2 cm³/mol. The van der Waals surface area contributed by atoms with Gasteiger partial charge in [-0.1, -0.05) is 6.42 Å². The summed E-state index contributed by atoms with van der Waals surface area (Å²) < 4.78 is 6.14. The third kappa shape index (κ3) is 3.49. The molecule has 2 aliphatic heterocycles. The van der Waals surface area contributed by atoms with Gasteiger partial charge >= 0.3 is 0 Å². The zero-order valence-electron chi connectivity index (χ0n) is 15.6. The summed E-state index contributed by atoms with van der Waals surface area (Å²) in [4.78, 5) is 17.7. The molecule has 0 radical (unpaired) electrons. The molecule has 0 aromatic rings. The van der Waals surface area contributed by atoms with Crippen LogP contribution in [0, 0.1) is 29.1 Å². The van der Waals surface area contributed by atoms with Crippen LogP contribution in [0.1, 0.15) is 51.4 Å². The molecule has 3 saturated carbocycles. The van der Waals surface area contributed by atoms with E-state index in [-0.39, 0.29) is 0 Å². The maximum atomic E-state index is 12.7. The van der Waals surface area contributed by atoms with Crippen molar-refractivity contribution >= 4 is 5.91 Å². The van der Waals surface area contributed by atoms with E-state index in [0.717, 1.165) is 51.0 Å². The molecule has 1 amide bonds. The normalized spacial score (nSPS) is 36.3. The Kier molecular flexibility index (Phi) is 4.32. The topological polar surface area (TPSA) is 32.8 Å². The Hall–Kier alpha value is -0.610. The van der Waals surface area contributed by atoms with E-state index in [1.165, 1.54) is 58.2 Å². The molecular formula is C21H34N2O2. The molecule has 25 heavy (non-hydrogen) atoms. The van der Waals surface area contributed by atoms with Gasteiger partial charge in [0.05, 0.1) is 6.61 Å². The fraction of sp³-hybridized carbons (Fsp3) is 0.952. The number of ether oxygens (including phenoxy) is 1. The van der Waals surface area contributed by atoms with Gasteiger partial charge in [0, 0.05) is 56.6 Å². The lowest BCUT2D eigenvalue weighted by atomic mass is 9.77. The van der Waals surface area contributed by atoms with Crippen molar-refractivity contribution in [1.29, 1.82) is 0 Å². The van der Waals surface area contributed by atoms with Gasteiger partial charge in [0.15, 0.2) is 0 Å². The van der Waals surface area contributed by atoms with Gasteiger partial charge in [0.25, 0.3) is 0 Å². The standard InChI is InChI=1S/C21H34N2O2/c24-20(18-2-1-3-18)23-9-8-21(15-23)14-22(10-16-4-5-16)11-19(21)13-25-12-17-6-7-17/h16-19H,1-15H2/t19-,21+/m1/s1. The quantitative estimate of drug-likeness (QED) is 0.711. The molecule has 2 atom stereocenters. The van der Waals surface area contributed by atoms with Crippen molar-refractivity contribution in [2.24, 2.45) is 29.1 Å². The molecule has 0 bridgehead atoms. The predicted octanol–water partition coefficient (Wildman–Crippen LogP) is 2.77. The van der Waals surface area contributed by atoms with Crippen LogP contribution in [0.25, 0.3) is 0 Å². The van der Waals surface area contributed by atoms with E-state index >= 15 is 0 Å². The van der Waals surface area contributed by atoms with Crippen LogP contribution in [-0.4, -0.2) is 61.6 Å². The zero-order chi connectivity index (χ0) is 16.9. The minimum absolute atomic E-state index is 0.317. The monoisotopic (exact) mass is 346 g/mol. The Morgan fingerprint density at radius 3 is 2.48 bits per heavy atom. The first-order valence-corrected chi connectivity index (χ1v) is 10.8. The third-order valence-corrected chi connectivity index (χ3v) is 7.62. The average molecular weight is 347 g/mol. The van der Waals surface area contributed by atoms with Crippen molar-refractivity contribution in [1.82, 2.24) is 9.80 Å². The summed E-state index contributed by atoms with van der Waals surface area (Å²) in [6, 6.07) is 0. The number of likely N-dealkylation sites (tertiary alicyclic amines) is 2. The average Bonchev–Trinajstić information content (AvgIpc) is 3.45. The fourth-order valence-electron chi connectivity index (χ4n) is 5.30. The highest BCUT2D eigenvalue weighted by molar-refractivity contribution is 5.80. The van der Waals surface area contributed by atoms with Crippen molar-refractivity contribution in [2.75, 3.05) is 45.9 Å². The number of hydrogen-bond donors (Lipinski definition) is 0. The first-order valence-electron chi connectivity index (χ1n) is 10.8. The molecule has 140 valence electrons. The van der Waals surface area contributed by atoms with Gasteiger partial charge in [0.2, 0.25) is 5.91 Å². The van der Waals surface area contributed by atoms with Gasteiger partial charge in [-0.05, 0) is 56.8 Å². The summed E-state index contributed by atoms with van der Waals surface area (Å²) in [6.07, 6.45) is 10.3. The van der Waals surface area contributed by atoms with Gasteiger partial charge in [-0.2, -0.15) is 0 Å². The molecule has 4 heteroatoms. The molecule has 0 N–H and O–H groups in total. The van der Waals surface area contributed by atoms with E-state index in [4.69, 9.17) is 4.74 Å². The second-order valence-corrected chi connectivity index (χ2v) is 9.82. The van der Waals surface area contributed by atoms with Gasteiger partial charge in [0.1, 0.15) is 0 Å². The first-order chi connectivity index (χ1) is 12.2. The number of carbonyl (C=O) groups excluding carboxylic acids is 1. The number of carbonyl (C=O) groups is 1. The van der Waals surface area contributed by atoms with Crippen LogP contribution < -0.4 is 0 Å². The smallest absolute Gasteiger partial charge is 0.225 e. The van der Waals surface area contributed by atoms with Crippen molar-refractivity contribution in [3.63, 3.8) is 0 Å². The Balaban J connectivity index is 1.23. The van der Waals surface area contributed by atoms with Gasteiger partial charge in [-0.15, -0.1) is 0 Å². The Morgan fingerprint density at radius 1 is 1.00 bits per heavy atom. The molecule has 2 heterocycles. The lowest BCUT2D eigenvalue weighted by Crippen LogP contribution is -2.41. The summed E-state index contributed by atoms with van der Waals surface area (Å²) >= 11 is 0. The van der Waals surface area contributed by atoms with Crippen LogP contribution >= 0.6 is 0 Å². The minimum Gasteiger partial charge on any atom is -0.381 e. The molecule has 1 spiro atoms. The van der Waals surface area contributed by atoms with Crippen molar-refractivity contribution in [3.05, 3.63) is 0 Å². The second kappa shape index (κ2) is 6.53. The highest BCUT2D eigenvalue weighted by Crippen LogP contribution is 2.46. The molecule has 0 aromatic carbocycles. The Bertz CT molecular complexity index is 512. The molecule has 0 aromatic heterocycles. The number of nitrogens with zero attached hydrogens (tertiary/aromatic N) is 2. The molecule has 5 aliphatic rings. The number of amides is 1. The van der Waals surface area contributed by atoms with E-state index < -0.39 is 0 Å². The van der Waals surface area contributed by atoms with Crippen LogP contribution in [0.3, 0.4) is 0 Å². The Labute approximate surface area is 152 Å². The molecular weight excluding hydrogens is 312 g/mol. The van der Waals surface area contributed by atoms with Crippen LogP contribution in [0.15, 0.2) is 0 Å². The zero-order valence-corrected chi connectivity index (χ0v) is 15.6. The summed E-state index contributed by atoms with van der Waals surface area (Å²) in [6.45, 7) is 7.58. The highest BCUT2D eigenvalue weighted by Gasteiger charge is 2.52. The van der Waals surface area contributed by atoms with E-state index in [0.29, 0.717) is 23.2 Å². The molecule has 4 nitrogen and oxygen atoms in total. The Morgan fingerprint density at radius 2 is 1.80 bits per heavy atom. The van der Waals surface area contributed by atoms with Crippen LogP contribution in [-0.2, 0) is 9.53 Å². The summed E-state index contributed by atoms with van der Waals surface area (Å²) in [5.74, 6) is 3.24. The molecule has 5 fully saturated rings. The maximum absolute atomic E-state index is 12.7. The lowest BCUT2D eigenvalue weighted by Gasteiger charge is -2.33. The molecule has 3 aliphatic carbocycles. The fourth-order valence-corrected chi connectivity index (χ4v) is 5.30. The summed E-state index contributed by atoms with van der Waals surface area (Å²) in [5.41, 5.74) is 0.317. The van der Waals surface area contributed by atoms with Gasteiger partial charge < -0.3 is 14.5 Å². The minimum atomic E-state index is 0.317. The third-order valence-electron chi connectivity index (χ3n) is 7.62. The van der Waals surface area contributed by atoms with E-state index in [1.54, 1.807) is 0 Å². The first kappa shape index (κ1) is 16.6. The maximum Gasteiger partial charge on any atom is 0.225 e. The number of rotatable bonds is 7. The summed E-state index contributed by atoms with van der Waals surface area (Å²) in [5, 5.41) is 0. The molecule has 2 saturated heterocycles. The second-order valence-electron chi connectivity index (χ2n) is 9.82. The van der Waals surface area contributed by atoms with Crippen molar-refractivity contribution < 1.29 is 9.53 Å². The van der Waals surface area contributed by atoms with Crippen LogP contribution in [0.4, 0.5) is 0 Å². The SMILES string of the molecule is O=C(C1CCC1)N1CC[C@]2(CN(CC3CC3)C[C@@H]2COCC2CC2)C1. The van der Waals surface area contributed by atoms with E-state index in [1.807, 2.05) is 0 Å². The number of hydrogen-bond acceptors (Lipinski definition) is 3. The molecule has 5 rings (SSSR count). The van der Waals surface area contributed by atoms with Crippen LogP contribution in [0.5, 0.6) is 0 Å². The lowest BCUT2D eigenvalue weighted by molar-refractivity contribution is -0.137. The van der Waals surface area contributed by atoms with E-state index in [2.05, 4.69) is 9.80 Å². The van der Waals surface area contributed by atoms with Crippen molar-refractivity contribution in [2.45, 2.75) is 51.4 Å². The van der Waals surface area contributed by atoms with Gasteiger partial charge in [-0.3, -0.25) is 4.79 Å². The highest BCUT2D eigenvalue weighted by atomic mass is 16.5. The summed E-state index contributed by atoms with van der Waals surface area (Å²) in [7, 11) is 0. The molecule has 0 unspecified atom stereocenters. The van der Waals surface area contributed by atoms with Crippen LogP contribution in [0.2, 0.25) is 0 Å². The largest absolute Gasteiger partial charge is 0.381 e. The van der Waals surface area contributed by atoms with Crippen molar-refractivity contribution in [3.8, 4) is 0 Å².